The molecule has 1 unspecified atom stereocenters. The van der Waals surface area contributed by atoms with Crippen molar-refractivity contribution in [3.63, 3.8) is 0 Å². The van der Waals surface area contributed by atoms with Crippen LogP contribution in [0.25, 0.3) is 0 Å². The first kappa shape index (κ1) is 16.7. The first-order valence-electron chi connectivity index (χ1n) is 8.36. The highest BCUT2D eigenvalue weighted by Crippen LogP contribution is 2.25. The summed E-state index contributed by atoms with van der Waals surface area (Å²) in [7, 11) is 0. The number of amides is 1. The fraction of sp³-hybridized carbons (Fsp3) is 0.588. The number of ether oxygens (including phenoxy) is 2. The van der Waals surface area contributed by atoms with Gasteiger partial charge in [-0.25, -0.2) is 4.98 Å². The van der Waals surface area contributed by atoms with Gasteiger partial charge < -0.3 is 19.9 Å². The number of carbonyl (C=O) groups excluding carboxylic acids is 1. The molecule has 2 heterocycles. The van der Waals surface area contributed by atoms with Gasteiger partial charge in [0.2, 0.25) is 5.88 Å². The molecule has 1 amide bonds. The zero-order valence-corrected chi connectivity index (χ0v) is 13.4. The number of carbonyl (C=O) groups is 2. The van der Waals surface area contributed by atoms with Gasteiger partial charge in [-0.05, 0) is 31.7 Å². The monoisotopic (exact) mass is 334 g/mol. The van der Waals surface area contributed by atoms with Crippen molar-refractivity contribution in [1.29, 1.82) is 0 Å². The van der Waals surface area contributed by atoms with Crippen LogP contribution < -0.4 is 10.1 Å². The molecule has 7 nitrogen and oxygen atoms in total. The van der Waals surface area contributed by atoms with Gasteiger partial charge in [0, 0.05) is 30.3 Å². The van der Waals surface area contributed by atoms with Gasteiger partial charge in [-0.2, -0.15) is 0 Å². The average molecular weight is 334 g/mol. The van der Waals surface area contributed by atoms with E-state index >= 15 is 0 Å². The van der Waals surface area contributed by atoms with Crippen LogP contribution >= 0.6 is 0 Å². The maximum atomic E-state index is 12.4. The maximum Gasteiger partial charge on any atom is 0.306 e. The van der Waals surface area contributed by atoms with Crippen LogP contribution in [-0.4, -0.2) is 47.3 Å². The Kier molecular flexibility index (Phi) is 5.30. The lowest BCUT2D eigenvalue weighted by atomic mass is 9.86. The van der Waals surface area contributed by atoms with E-state index in [1.54, 1.807) is 18.3 Å². The number of hydrogen-bond donors (Lipinski definition) is 2. The van der Waals surface area contributed by atoms with Gasteiger partial charge in [0.15, 0.2) is 0 Å². The van der Waals surface area contributed by atoms with Crippen LogP contribution in [0.2, 0.25) is 0 Å². The lowest BCUT2D eigenvalue weighted by Gasteiger charge is -2.26. The van der Waals surface area contributed by atoms with Crippen LogP contribution in [0.5, 0.6) is 5.88 Å². The Bertz CT molecular complexity index is 592. The quantitative estimate of drug-likeness (QED) is 0.849. The van der Waals surface area contributed by atoms with E-state index in [1.165, 1.54) is 0 Å². The molecule has 7 heteroatoms. The average Bonchev–Trinajstić information content (AvgIpc) is 3.08. The fourth-order valence-corrected chi connectivity index (χ4v) is 3.15. The van der Waals surface area contributed by atoms with Crippen LogP contribution in [0.15, 0.2) is 18.3 Å². The topological polar surface area (TPSA) is 97.8 Å². The molecule has 1 aliphatic carbocycles. The minimum absolute atomic E-state index is 0.0119. The normalized spacial score (nSPS) is 26.8. The molecule has 0 radical (unpaired) electrons. The number of hydrogen-bond acceptors (Lipinski definition) is 5. The third-order valence-corrected chi connectivity index (χ3v) is 4.58. The molecule has 1 aromatic heterocycles. The van der Waals surface area contributed by atoms with Gasteiger partial charge in [-0.3, -0.25) is 9.59 Å². The standard InChI is InChI=1S/C17H22N2O5/c20-16(19-13-3-1-11(2-4-13)17(21)22)12-5-7-18-15(9-12)24-14-6-8-23-10-14/h5,7,9,11,13-14H,1-4,6,8,10H2,(H,19,20)(H,21,22). The van der Waals surface area contributed by atoms with Gasteiger partial charge in [0.05, 0.1) is 19.1 Å². The van der Waals surface area contributed by atoms with Crippen molar-refractivity contribution in [2.24, 2.45) is 5.92 Å². The molecule has 1 aromatic rings. The number of nitrogens with one attached hydrogen (secondary N) is 1. The maximum absolute atomic E-state index is 12.4. The predicted octanol–water partition coefficient (Wildman–Crippen LogP) is 1.62. The molecule has 3 rings (SSSR count). The molecule has 130 valence electrons. The summed E-state index contributed by atoms with van der Waals surface area (Å²) < 4.78 is 11.0. The second-order valence-electron chi connectivity index (χ2n) is 6.35. The zero-order valence-electron chi connectivity index (χ0n) is 13.4. The van der Waals surface area contributed by atoms with Gasteiger partial charge in [-0.1, -0.05) is 0 Å². The highest BCUT2D eigenvalue weighted by Gasteiger charge is 2.27. The molecule has 1 saturated heterocycles. The fourth-order valence-electron chi connectivity index (χ4n) is 3.15. The smallest absolute Gasteiger partial charge is 0.306 e. The number of nitrogens with zero attached hydrogens (tertiary/aromatic N) is 1. The largest absolute Gasteiger partial charge is 0.481 e. The number of carboxylic acid groups (broad SMARTS) is 1. The molecular formula is C17H22N2O5. The summed E-state index contributed by atoms with van der Waals surface area (Å²) in [5, 5.41) is 12.0. The molecule has 2 N–H and O–H groups in total. The number of carboxylic acids is 1. The minimum atomic E-state index is -0.744. The minimum Gasteiger partial charge on any atom is -0.481 e. The Hall–Kier alpha value is -2.15. The molecule has 2 fully saturated rings. The second kappa shape index (κ2) is 7.61. The van der Waals surface area contributed by atoms with E-state index in [0.29, 0.717) is 50.3 Å². The molecule has 1 atom stereocenters. The second-order valence-corrected chi connectivity index (χ2v) is 6.35. The van der Waals surface area contributed by atoms with E-state index in [1.807, 2.05) is 0 Å². The Morgan fingerprint density at radius 3 is 2.71 bits per heavy atom. The van der Waals surface area contributed by atoms with Crippen molar-refractivity contribution in [1.82, 2.24) is 10.3 Å². The van der Waals surface area contributed by atoms with Gasteiger partial charge in [0.1, 0.15) is 6.10 Å². The molecule has 1 aliphatic heterocycles. The predicted molar refractivity (Wildman–Crippen MR) is 84.9 cm³/mol. The summed E-state index contributed by atoms with van der Waals surface area (Å²) in [6.07, 6.45) is 4.96. The molecule has 0 bridgehead atoms. The van der Waals surface area contributed by atoms with Crippen molar-refractivity contribution >= 4 is 11.9 Å². The molecule has 1 saturated carbocycles. The van der Waals surface area contributed by atoms with Gasteiger partial charge in [-0.15, -0.1) is 0 Å². The Morgan fingerprint density at radius 2 is 2.04 bits per heavy atom. The number of rotatable bonds is 5. The van der Waals surface area contributed by atoms with Crippen molar-refractivity contribution in [3.8, 4) is 5.88 Å². The lowest BCUT2D eigenvalue weighted by Crippen LogP contribution is -2.38. The Morgan fingerprint density at radius 1 is 1.25 bits per heavy atom. The Balaban J connectivity index is 1.54. The summed E-state index contributed by atoms with van der Waals surface area (Å²) in [4.78, 5) is 27.5. The number of pyridine rings is 1. The number of aliphatic carboxylic acids is 1. The van der Waals surface area contributed by atoms with Gasteiger partial charge >= 0.3 is 5.97 Å². The van der Waals surface area contributed by atoms with Crippen molar-refractivity contribution < 1.29 is 24.2 Å². The number of aromatic nitrogens is 1. The summed E-state index contributed by atoms with van der Waals surface area (Å²) in [6, 6.07) is 3.31. The first-order chi connectivity index (χ1) is 11.6. The van der Waals surface area contributed by atoms with E-state index in [2.05, 4.69) is 10.3 Å². The van der Waals surface area contributed by atoms with E-state index in [9.17, 15) is 9.59 Å². The summed E-state index contributed by atoms with van der Waals surface area (Å²) >= 11 is 0. The van der Waals surface area contributed by atoms with Crippen LogP contribution in [0, 0.1) is 5.92 Å². The first-order valence-corrected chi connectivity index (χ1v) is 8.36. The van der Waals surface area contributed by atoms with Crippen LogP contribution in [0.4, 0.5) is 0 Å². The third kappa shape index (κ3) is 4.23. The van der Waals surface area contributed by atoms with Gasteiger partial charge in [0.25, 0.3) is 5.91 Å². The summed E-state index contributed by atoms with van der Waals surface area (Å²) in [6.45, 7) is 1.23. The highest BCUT2D eigenvalue weighted by atomic mass is 16.5. The van der Waals surface area contributed by atoms with Crippen LogP contribution in [0.1, 0.15) is 42.5 Å². The molecule has 0 spiro atoms. The molecule has 2 aliphatic rings. The van der Waals surface area contributed by atoms with E-state index in [0.717, 1.165) is 6.42 Å². The molecule has 24 heavy (non-hydrogen) atoms. The van der Waals surface area contributed by atoms with Crippen LogP contribution in [0.3, 0.4) is 0 Å². The summed E-state index contributed by atoms with van der Waals surface area (Å²) in [5.74, 6) is -0.782. The van der Waals surface area contributed by atoms with Crippen molar-refractivity contribution in [2.45, 2.75) is 44.2 Å². The van der Waals surface area contributed by atoms with Crippen molar-refractivity contribution in [3.05, 3.63) is 23.9 Å². The Labute approximate surface area is 140 Å². The molecular weight excluding hydrogens is 312 g/mol. The molecule has 0 aromatic carbocycles. The zero-order chi connectivity index (χ0) is 16.9. The van der Waals surface area contributed by atoms with Crippen molar-refractivity contribution in [2.75, 3.05) is 13.2 Å². The van der Waals surface area contributed by atoms with E-state index in [-0.39, 0.29) is 24.0 Å². The SMILES string of the molecule is O=C(NC1CCC(C(=O)O)CC1)c1ccnc(OC2CCOC2)c1. The third-order valence-electron chi connectivity index (χ3n) is 4.58. The van der Waals surface area contributed by atoms with E-state index in [4.69, 9.17) is 14.6 Å². The highest BCUT2D eigenvalue weighted by molar-refractivity contribution is 5.94. The summed E-state index contributed by atoms with van der Waals surface area (Å²) in [5.41, 5.74) is 0.499. The lowest BCUT2D eigenvalue weighted by molar-refractivity contribution is -0.142. The van der Waals surface area contributed by atoms with E-state index < -0.39 is 5.97 Å². The van der Waals surface area contributed by atoms with Crippen LogP contribution in [-0.2, 0) is 9.53 Å².